The van der Waals surface area contributed by atoms with Crippen LogP contribution in [-0.2, 0) is 10.0 Å². The normalized spacial score (nSPS) is 12.3. The Morgan fingerprint density at radius 2 is 1.84 bits per heavy atom. The third-order valence-electron chi connectivity index (χ3n) is 6.99. The number of aryl methyl sites for hydroxylation is 1. The second-order valence-corrected chi connectivity index (χ2v) is 13.8. The lowest BCUT2D eigenvalue weighted by atomic mass is 10.2. The molecule has 0 radical (unpaired) electrons. The third-order valence-corrected chi connectivity index (χ3v) is 11.2. The Hall–Kier alpha value is -4.44. The van der Waals surface area contributed by atoms with Crippen LogP contribution in [0.3, 0.4) is 0 Å². The molecule has 0 amide bonds. The number of para-hydroxylation sites is 2. The average Bonchev–Trinajstić information content (AvgIpc) is 3.57. The molecule has 3 heterocycles. The number of rotatable bonds is 10. The number of anilines is 1. The van der Waals surface area contributed by atoms with Gasteiger partial charge in [-0.05, 0) is 43.0 Å². The molecular formula is C29H26N8O4S3. The van der Waals surface area contributed by atoms with Gasteiger partial charge in [-0.25, -0.2) is 22.9 Å². The van der Waals surface area contributed by atoms with Gasteiger partial charge < -0.3 is 0 Å². The minimum atomic E-state index is -4.03. The minimum absolute atomic E-state index is 0.110. The topological polar surface area (TPSA) is 148 Å². The zero-order valence-corrected chi connectivity index (χ0v) is 26.3. The summed E-state index contributed by atoms with van der Waals surface area (Å²) in [7, 11) is -4.03. The summed E-state index contributed by atoms with van der Waals surface area (Å²) < 4.78 is 31.7. The van der Waals surface area contributed by atoms with Crippen molar-refractivity contribution in [3.05, 3.63) is 88.1 Å². The summed E-state index contributed by atoms with van der Waals surface area (Å²) >= 11 is 3.08. The van der Waals surface area contributed by atoms with E-state index in [1.54, 1.807) is 29.7 Å². The van der Waals surface area contributed by atoms with E-state index in [9.17, 15) is 18.5 Å². The number of fused-ring (bicyclic) bond motifs is 4. The summed E-state index contributed by atoms with van der Waals surface area (Å²) in [6.07, 6.45) is 1.53. The Bertz CT molecular complexity index is 2160. The number of nitro benzene ring substituents is 1. The monoisotopic (exact) mass is 646 g/mol. The van der Waals surface area contributed by atoms with Gasteiger partial charge in [0, 0.05) is 30.6 Å². The summed E-state index contributed by atoms with van der Waals surface area (Å²) in [6, 6.07) is 19.5. The predicted molar refractivity (Wildman–Crippen MR) is 173 cm³/mol. The van der Waals surface area contributed by atoms with Crippen molar-refractivity contribution < 1.29 is 13.3 Å². The molecule has 44 heavy (non-hydrogen) atoms. The molecule has 0 bridgehead atoms. The highest BCUT2D eigenvalue weighted by Crippen LogP contribution is 2.37. The standard InChI is InChI=1S/C29H26N8O4S3/c1-4-35(5-2)44(40,41)26-16-19(37(38)39)14-15-23(26)33-30-17-21-18(3)34-36-24-12-8-6-10-20(24)28(32-27(21)36)43-29-31-22-11-7-9-13-25(22)42-29/h6-17,33H,4-5H2,1-3H3. The molecule has 0 fully saturated rings. The van der Waals surface area contributed by atoms with E-state index in [2.05, 4.69) is 10.5 Å². The molecule has 6 aromatic rings. The molecule has 0 spiro atoms. The van der Waals surface area contributed by atoms with E-state index >= 15 is 0 Å². The molecule has 0 aliphatic rings. The number of hydrazone groups is 1. The molecule has 1 N–H and O–H groups in total. The maximum Gasteiger partial charge on any atom is 0.270 e. The first-order valence-corrected chi connectivity index (χ1v) is 16.7. The maximum atomic E-state index is 13.4. The minimum Gasteiger partial charge on any atom is -0.277 e. The van der Waals surface area contributed by atoms with E-state index in [-0.39, 0.29) is 29.4 Å². The second-order valence-electron chi connectivity index (χ2n) is 9.62. The van der Waals surface area contributed by atoms with E-state index in [1.165, 1.54) is 34.4 Å². The van der Waals surface area contributed by atoms with Gasteiger partial charge in [-0.1, -0.05) is 44.2 Å². The summed E-state index contributed by atoms with van der Waals surface area (Å²) in [6.45, 7) is 5.67. The van der Waals surface area contributed by atoms with Gasteiger partial charge in [0.25, 0.3) is 5.69 Å². The van der Waals surface area contributed by atoms with Crippen LogP contribution in [0.25, 0.3) is 26.8 Å². The number of nitrogens with one attached hydrogen (secondary N) is 1. The number of sulfonamides is 1. The van der Waals surface area contributed by atoms with Crippen LogP contribution in [0.1, 0.15) is 25.1 Å². The predicted octanol–water partition coefficient (Wildman–Crippen LogP) is 6.34. The van der Waals surface area contributed by atoms with E-state index in [4.69, 9.17) is 15.1 Å². The fourth-order valence-electron chi connectivity index (χ4n) is 4.80. The zero-order chi connectivity index (χ0) is 31.0. The highest BCUT2D eigenvalue weighted by atomic mass is 32.2. The van der Waals surface area contributed by atoms with Gasteiger partial charge >= 0.3 is 0 Å². The van der Waals surface area contributed by atoms with Gasteiger partial charge in [-0.2, -0.15) is 14.5 Å². The Kier molecular flexibility index (Phi) is 8.02. The fourth-order valence-corrected chi connectivity index (χ4v) is 8.52. The smallest absolute Gasteiger partial charge is 0.270 e. The first-order chi connectivity index (χ1) is 21.2. The molecule has 0 aliphatic heterocycles. The van der Waals surface area contributed by atoms with Crippen LogP contribution >= 0.6 is 23.1 Å². The maximum absolute atomic E-state index is 13.4. The SMILES string of the molecule is CCN(CC)S(=O)(=O)c1cc([N+](=O)[O-])ccc1NN=Cc1c(C)nn2c1nc(Sc1nc3ccccc3s1)c1ccccc12. The highest BCUT2D eigenvalue weighted by Gasteiger charge is 2.27. The van der Waals surface area contributed by atoms with Gasteiger partial charge in [0.05, 0.1) is 43.8 Å². The second kappa shape index (κ2) is 11.9. The van der Waals surface area contributed by atoms with Crippen molar-refractivity contribution in [2.24, 2.45) is 5.10 Å². The first kappa shape index (κ1) is 29.6. The number of nitrogens with zero attached hydrogens (tertiary/aromatic N) is 7. The molecule has 3 aromatic carbocycles. The van der Waals surface area contributed by atoms with Crippen molar-refractivity contribution in [3.63, 3.8) is 0 Å². The van der Waals surface area contributed by atoms with Crippen LogP contribution in [0, 0.1) is 17.0 Å². The Balaban J connectivity index is 1.40. The van der Waals surface area contributed by atoms with Crippen molar-refractivity contribution in [1.29, 1.82) is 0 Å². The molecule has 0 aliphatic carbocycles. The van der Waals surface area contributed by atoms with Gasteiger partial charge in [0.2, 0.25) is 10.0 Å². The van der Waals surface area contributed by atoms with Crippen molar-refractivity contribution in [1.82, 2.24) is 23.9 Å². The molecule has 0 saturated carbocycles. The van der Waals surface area contributed by atoms with Gasteiger partial charge in [0.1, 0.15) is 9.92 Å². The summed E-state index contributed by atoms with van der Waals surface area (Å²) in [5.41, 5.74) is 6.21. The van der Waals surface area contributed by atoms with Gasteiger partial charge in [-0.15, -0.1) is 11.3 Å². The summed E-state index contributed by atoms with van der Waals surface area (Å²) in [5.74, 6) is 0. The molecule has 224 valence electrons. The molecule has 0 unspecified atom stereocenters. The summed E-state index contributed by atoms with van der Waals surface area (Å²) in [4.78, 5) is 20.3. The highest BCUT2D eigenvalue weighted by molar-refractivity contribution is 8.01. The lowest BCUT2D eigenvalue weighted by Gasteiger charge is -2.20. The number of nitro groups is 1. The van der Waals surface area contributed by atoms with Gasteiger partial charge in [0.15, 0.2) is 9.99 Å². The molecule has 0 atom stereocenters. The van der Waals surface area contributed by atoms with Crippen LogP contribution < -0.4 is 5.43 Å². The lowest BCUT2D eigenvalue weighted by molar-refractivity contribution is -0.385. The summed E-state index contributed by atoms with van der Waals surface area (Å²) in [5, 5.41) is 22.2. The Morgan fingerprint density at radius 3 is 2.59 bits per heavy atom. The van der Waals surface area contributed by atoms with Crippen LogP contribution in [0.5, 0.6) is 0 Å². The largest absolute Gasteiger partial charge is 0.277 e. The van der Waals surface area contributed by atoms with E-state index in [1.807, 2.05) is 55.5 Å². The number of hydrogen-bond acceptors (Lipinski definition) is 11. The number of aromatic nitrogens is 4. The van der Waals surface area contributed by atoms with Crippen LogP contribution in [-0.4, -0.2) is 56.5 Å². The van der Waals surface area contributed by atoms with E-state index < -0.39 is 14.9 Å². The van der Waals surface area contributed by atoms with Crippen molar-refractivity contribution in [2.45, 2.75) is 35.0 Å². The number of non-ortho nitro benzene ring substituents is 1. The molecule has 6 rings (SSSR count). The molecule has 3 aromatic heterocycles. The number of benzene rings is 3. The van der Waals surface area contributed by atoms with Crippen molar-refractivity contribution in [2.75, 3.05) is 18.5 Å². The first-order valence-electron chi connectivity index (χ1n) is 13.6. The van der Waals surface area contributed by atoms with Crippen molar-refractivity contribution >= 4 is 77.5 Å². The molecule has 0 saturated heterocycles. The Morgan fingerprint density at radius 1 is 1.09 bits per heavy atom. The van der Waals surface area contributed by atoms with Gasteiger partial charge in [-0.3, -0.25) is 15.5 Å². The zero-order valence-electron chi connectivity index (χ0n) is 23.8. The third kappa shape index (κ3) is 5.38. The molecule has 12 nitrogen and oxygen atoms in total. The van der Waals surface area contributed by atoms with Crippen molar-refractivity contribution in [3.8, 4) is 0 Å². The molecular weight excluding hydrogens is 621 g/mol. The van der Waals surface area contributed by atoms with Crippen LogP contribution in [0.4, 0.5) is 11.4 Å². The van der Waals surface area contributed by atoms with Crippen LogP contribution in [0.15, 0.2) is 86.1 Å². The Labute approximate surface area is 260 Å². The fraction of sp³-hybridized carbons (Fsp3) is 0.172. The molecule has 15 heteroatoms. The quantitative estimate of drug-likeness (QED) is 0.0779. The average molecular weight is 647 g/mol. The van der Waals surface area contributed by atoms with E-state index in [0.29, 0.717) is 16.9 Å². The van der Waals surface area contributed by atoms with Crippen LogP contribution in [0.2, 0.25) is 0 Å². The number of hydrogen-bond donors (Lipinski definition) is 1. The number of thiazole rings is 1. The van der Waals surface area contributed by atoms with E-state index in [0.717, 1.165) is 36.6 Å². The lowest BCUT2D eigenvalue weighted by Crippen LogP contribution is -2.31.